The van der Waals surface area contributed by atoms with Gasteiger partial charge in [-0.15, -0.1) is 0 Å². The molecule has 0 aromatic carbocycles. The van der Waals surface area contributed by atoms with Crippen LogP contribution in [0.25, 0.3) is 0 Å². The Labute approximate surface area is 109 Å². The third-order valence-corrected chi connectivity index (χ3v) is 3.81. The van der Waals surface area contributed by atoms with E-state index < -0.39 is 0 Å². The minimum atomic E-state index is 0.202. The van der Waals surface area contributed by atoms with Crippen LogP contribution < -0.4 is 5.32 Å². The molecule has 0 aliphatic heterocycles. The van der Waals surface area contributed by atoms with Gasteiger partial charge in [0.2, 0.25) is 0 Å². The number of nitrogens with one attached hydrogen (secondary N) is 1. The molecule has 0 saturated heterocycles. The molecule has 2 N–H and O–H groups in total. The Kier molecular flexibility index (Phi) is 6.16. The topological polar surface area (TPSA) is 45.1 Å². The smallest absolute Gasteiger partial charge is 0.126 e. The maximum absolute atomic E-state index is 8.96. The fourth-order valence-electron chi connectivity index (χ4n) is 1.38. The Bertz CT molecular complexity index is 330. The zero-order valence-corrected chi connectivity index (χ0v) is 11.9. The number of aliphatic hydroxyl groups is 1. The second-order valence-corrected chi connectivity index (χ2v) is 5.39. The molecule has 90 valence electrons. The highest BCUT2D eigenvalue weighted by atomic mass is 79.9. The van der Waals surface area contributed by atoms with Gasteiger partial charge in [0.15, 0.2) is 0 Å². The van der Waals surface area contributed by atoms with Crippen molar-refractivity contribution in [2.75, 3.05) is 23.9 Å². The molecule has 0 aliphatic carbocycles. The zero-order chi connectivity index (χ0) is 12.0. The molecule has 16 heavy (non-hydrogen) atoms. The van der Waals surface area contributed by atoms with E-state index in [1.807, 2.05) is 13.0 Å². The van der Waals surface area contributed by atoms with E-state index in [1.54, 1.807) is 18.0 Å². The van der Waals surface area contributed by atoms with Crippen LogP contribution in [0.2, 0.25) is 0 Å². The summed E-state index contributed by atoms with van der Waals surface area (Å²) < 4.78 is 1.02. The summed E-state index contributed by atoms with van der Waals surface area (Å²) in [7, 11) is 0. The van der Waals surface area contributed by atoms with Gasteiger partial charge in [-0.1, -0.05) is 0 Å². The molecule has 1 atom stereocenters. The van der Waals surface area contributed by atoms with Crippen molar-refractivity contribution in [1.29, 1.82) is 0 Å². The number of anilines is 1. The average Bonchev–Trinajstić information content (AvgIpc) is 2.24. The van der Waals surface area contributed by atoms with Gasteiger partial charge in [0.25, 0.3) is 0 Å². The number of nitrogens with zero attached hydrogens (tertiary/aromatic N) is 1. The van der Waals surface area contributed by atoms with Gasteiger partial charge in [0.05, 0.1) is 0 Å². The lowest BCUT2D eigenvalue weighted by molar-refractivity contribution is 0.282. The van der Waals surface area contributed by atoms with Gasteiger partial charge in [0.1, 0.15) is 5.82 Å². The summed E-state index contributed by atoms with van der Waals surface area (Å²) in [4.78, 5) is 4.29. The van der Waals surface area contributed by atoms with Gasteiger partial charge >= 0.3 is 0 Å². The van der Waals surface area contributed by atoms with Gasteiger partial charge in [-0.05, 0) is 47.2 Å². The minimum absolute atomic E-state index is 0.202. The van der Waals surface area contributed by atoms with E-state index in [-0.39, 0.29) is 12.6 Å². The van der Waals surface area contributed by atoms with E-state index in [0.29, 0.717) is 0 Å². The van der Waals surface area contributed by atoms with E-state index in [0.717, 1.165) is 28.0 Å². The molecule has 0 saturated carbocycles. The first-order chi connectivity index (χ1) is 7.67. The normalized spacial score (nSPS) is 12.5. The molecule has 0 radical (unpaired) electrons. The van der Waals surface area contributed by atoms with Crippen molar-refractivity contribution >= 4 is 33.5 Å². The molecule has 5 heteroatoms. The Balaban J connectivity index is 2.65. The number of hydrogen-bond acceptors (Lipinski definition) is 4. The highest BCUT2D eigenvalue weighted by molar-refractivity contribution is 9.10. The van der Waals surface area contributed by atoms with Gasteiger partial charge in [0, 0.05) is 29.1 Å². The van der Waals surface area contributed by atoms with Crippen molar-refractivity contribution in [3.05, 3.63) is 22.3 Å². The first-order valence-electron chi connectivity index (χ1n) is 5.16. The van der Waals surface area contributed by atoms with Crippen molar-refractivity contribution in [2.45, 2.75) is 19.4 Å². The van der Waals surface area contributed by atoms with Crippen LogP contribution >= 0.6 is 27.7 Å². The van der Waals surface area contributed by atoms with E-state index in [9.17, 15) is 0 Å². The minimum Gasteiger partial charge on any atom is -0.396 e. The summed E-state index contributed by atoms with van der Waals surface area (Å²) in [5.41, 5.74) is 1.16. The van der Waals surface area contributed by atoms with Crippen LogP contribution in [0.3, 0.4) is 0 Å². The third kappa shape index (κ3) is 4.31. The number of thioether (sulfide) groups is 1. The lowest BCUT2D eigenvalue weighted by atomic mass is 10.2. The second-order valence-electron chi connectivity index (χ2n) is 3.63. The molecule has 1 aromatic rings. The summed E-state index contributed by atoms with van der Waals surface area (Å²) in [6.45, 7) is 2.24. The van der Waals surface area contributed by atoms with Crippen molar-refractivity contribution in [3.8, 4) is 0 Å². The molecule has 1 aromatic heterocycles. The van der Waals surface area contributed by atoms with E-state index in [2.05, 4.69) is 32.5 Å². The van der Waals surface area contributed by atoms with Crippen LogP contribution in [0.1, 0.15) is 12.0 Å². The molecule has 0 bridgehead atoms. The lowest BCUT2D eigenvalue weighted by Crippen LogP contribution is -2.24. The molecular formula is C11H17BrN2OS. The lowest BCUT2D eigenvalue weighted by Gasteiger charge is -2.17. The largest absolute Gasteiger partial charge is 0.396 e. The molecule has 0 aliphatic rings. The summed E-state index contributed by atoms with van der Waals surface area (Å²) in [5, 5.41) is 12.3. The molecule has 1 unspecified atom stereocenters. The van der Waals surface area contributed by atoms with Crippen molar-refractivity contribution in [3.63, 3.8) is 0 Å². The fraction of sp³-hybridized carbons (Fsp3) is 0.545. The maximum atomic E-state index is 8.96. The molecular weight excluding hydrogens is 288 g/mol. The molecule has 0 spiro atoms. The summed E-state index contributed by atoms with van der Waals surface area (Å²) in [6.07, 6.45) is 4.61. The van der Waals surface area contributed by atoms with Gasteiger partial charge in [-0.2, -0.15) is 11.8 Å². The van der Waals surface area contributed by atoms with Crippen LogP contribution in [0.4, 0.5) is 5.82 Å². The van der Waals surface area contributed by atoms with Crippen molar-refractivity contribution in [2.24, 2.45) is 0 Å². The first-order valence-corrected chi connectivity index (χ1v) is 7.34. The second kappa shape index (κ2) is 7.14. The Hall–Kier alpha value is -0.260. The number of pyridine rings is 1. The summed E-state index contributed by atoms with van der Waals surface area (Å²) in [5.74, 6) is 1.84. The Morgan fingerprint density at radius 3 is 2.94 bits per heavy atom. The van der Waals surface area contributed by atoms with Crippen LogP contribution in [0.5, 0.6) is 0 Å². The van der Waals surface area contributed by atoms with Gasteiger partial charge < -0.3 is 10.4 Å². The SMILES string of the molecule is CSCC(CCO)Nc1cc(C)c(Br)cn1. The molecule has 1 rings (SSSR count). The van der Waals surface area contributed by atoms with E-state index in [1.165, 1.54) is 0 Å². The molecule has 1 heterocycles. The predicted molar refractivity (Wildman–Crippen MR) is 74.2 cm³/mol. The highest BCUT2D eigenvalue weighted by Gasteiger charge is 2.08. The first kappa shape index (κ1) is 13.8. The Morgan fingerprint density at radius 2 is 2.38 bits per heavy atom. The van der Waals surface area contributed by atoms with Gasteiger partial charge in [-0.3, -0.25) is 0 Å². The number of halogens is 1. The highest BCUT2D eigenvalue weighted by Crippen LogP contribution is 2.18. The zero-order valence-electron chi connectivity index (χ0n) is 9.53. The number of aliphatic hydroxyl groups excluding tert-OH is 1. The monoisotopic (exact) mass is 304 g/mol. The fourth-order valence-corrected chi connectivity index (χ4v) is 2.25. The third-order valence-electron chi connectivity index (χ3n) is 2.24. The summed E-state index contributed by atoms with van der Waals surface area (Å²) >= 11 is 5.19. The molecule has 0 fully saturated rings. The predicted octanol–water partition coefficient (Wildman–Crippen LogP) is 2.68. The van der Waals surface area contributed by atoms with Crippen molar-refractivity contribution in [1.82, 2.24) is 4.98 Å². The number of aromatic nitrogens is 1. The van der Waals surface area contributed by atoms with E-state index in [4.69, 9.17) is 5.11 Å². The van der Waals surface area contributed by atoms with Gasteiger partial charge in [-0.25, -0.2) is 4.98 Å². The van der Waals surface area contributed by atoms with Crippen LogP contribution in [-0.2, 0) is 0 Å². The number of hydrogen-bond donors (Lipinski definition) is 2. The average molecular weight is 305 g/mol. The maximum Gasteiger partial charge on any atom is 0.126 e. The molecule has 0 amide bonds. The number of aryl methyl sites for hydroxylation is 1. The van der Waals surface area contributed by atoms with Crippen LogP contribution in [-0.4, -0.2) is 34.7 Å². The molecule has 3 nitrogen and oxygen atoms in total. The van der Waals surface area contributed by atoms with Crippen LogP contribution in [0.15, 0.2) is 16.7 Å². The van der Waals surface area contributed by atoms with E-state index >= 15 is 0 Å². The Morgan fingerprint density at radius 1 is 1.62 bits per heavy atom. The van der Waals surface area contributed by atoms with Crippen LogP contribution in [0, 0.1) is 6.92 Å². The number of rotatable bonds is 6. The van der Waals surface area contributed by atoms with Crippen molar-refractivity contribution < 1.29 is 5.11 Å². The quantitative estimate of drug-likeness (QED) is 0.848. The summed E-state index contributed by atoms with van der Waals surface area (Å²) in [6, 6.07) is 2.28. The standard InChI is InChI=1S/C11H17BrN2OS/c1-8-5-11(13-6-10(8)12)14-9(3-4-15)7-16-2/h5-6,9,15H,3-4,7H2,1-2H3,(H,13,14).